The molecule has 2 N–H and O–H groups in total. The van der Waals surface area contributed by atoms with E-state index in [4.69, 9.17) is 18.9 Å². The molecule has 1 aliphatic heterocycles. The van der Waals surface area contributed by atoms with Gasteiger partial charge in [0, 0.05) is 18.0 Å². The standard InChI is InChI=1S/C34H37N3O8S/c1-20(2)23-12-10-21(3)15-28(23)45-34(41)24-7-4-5-9-26(24)37-30(38)17-42-33(40)25-8-6-14-35-32(25)46-18-31(39)36-22-11-13-27-29(16-22)44-19-43-27/h4-9,11,13-14,16,20-21,23,28H,10,12,15,17-19H2,1-3H3,(H,36,39)(H,37,38)/t21-,23-,28+/m1/s1. The van der Waals surface area contributed by atoms with E-state index in [1.54, 1.807) is 48.5 Å². The van der Waals surface area contributed by atoms with Gasteiger partial charge in [-0.3, -0.25) is 9.59 Å². The van der Waals surface area contributed by atoms with Crippen LogP contribution in [0.2, 0.25) is 0 Å². The Bertz CT molecular complexity index is 1600. The third kappa shape index (κ3) is 8.36. The molecule has 1 fully saturated rings. The van der Waals surface area contributed by atoms with Crippen LogP contribution >= 0.6 is 11.8 Å². The summed E-state index contributed by atoms with van der Waals surface area (Å²) < 4.78 is 21.9. The van der Waals surface area contributed by atoms with Crippen LogP contribution in [0.3, 0.4) is 0 Å². The maximum Gasteiger partial charge on any atom is 0.341 e. The Kier molecular flexibility index (Phi) is 10.8. The summed E-state index contributed by atoms with van der Waals surface area (Å²) in [6, 6.07) is 14.7. The molecule has 1 aromatic heterocycles. The lowest BCUT2D eigenvalue weighted by atomic mass is 9.75. The number of pyridine rings is 1. The van der Waals surface area contributed by atoms with Crippen molar-refractivity contribution in [2.24, 2.45) is 17.8 Å². The fourth-order valence-electron chi connectivity index (χ4n) is 5.58. The first kappa shape index (κ1) is 32.8. The van der Waals surface area contributed by atoms with Crippen molar-refractivity contribution < 1.29 is 38.1 Å². The highest BCUT2D eigenvalue weighted by Gasteiger charge is 2.34. The van der Waals surface area contributed by atoms with Crippen LogP contribution in [0.15, 0.2) is 65.8 Å². The molecule has 5 rings (SSSR count). The number of esters is 2. The Morgan fingerprint density at radius 3 is 2.54 bits per heavy atom. The molecule has 46 heavy (non-hydrogen) atoms. The molecule has 2 aromatic carbocycles. The van der Waals surface area contributed by atoms with Crippen molar-refractivity contribution in [3.8, 4) is 11.5 Å². The number of benzene rings is 2. The molecule has 0 spiro atoms. The number of ether oxygens (including phenoxy) is 4. The molecular weight excluding hydrogens is 610 g/mol. The van der Waals surface area contributed by atoms with Crippen molar-refractivity contribution in [2.75, 3.05) is 29.8 Å². The molecule has 1 aliphatic carbocycles. The van der Waals surface area contributed by atoms with Crippen LogP contribution in [0.4, 0.5) is 11.4 Å². The topological polar surface area (TPSA) is 142 Å². The Balaban J connectivity index is 1.14. The van der Waals surface area contributed by atoms with E-state index < -0.39 is 24.5 Å². The summed E-state index contributed by atoms with van der Waals surface area (Å²) in [6.45, 7) is 5.98. The molecule has 2 heterocycles. The number of fused-ring (bicyclic) bond motifs is 1. The first-order valence-electron chi connectivity index (χ1n) is 15.2. The second-order valence-electron chi connectivity index (χ2n) is 11.7. The smallest absolute Gasteiger partial charge is 0.341 e. The number of amides is 2. The molecule has 0 bridgehead atoms. The van der Waals surface area contributed by atoms with Crippen molar-refractivity contribution in [1.29, 1.82) is 0 Å². The summed E-state index contributed by atoms with van der Waals surface area (Å²) in [5.41, 5.74) is 1.15. The molecular formula is C34H37N3O8S. The summed E-state index contributed by atoms with van der Waals surface area (Å²) in [5.74, 6) is 0.0249. The zero-order valence-corrected chi connectivity index (χ0v) is 26.8. The van der Waals surface area contributed by atoms with E-state index in [0.29, 0.717) is 29.0 Å². The predicted octanol–water partition coefficient (Wildman–Crippen LogP) is 5.95. The molecule has 0 radical (unpaired) electrons. The number of hydrogen-bond acceptors (Lipinski definition) is 10. The van der Waals surface area contributed by atoms with Crippen LogP contribution in [0.5, 0.6) is 11.5 Å². The van der Waals surface area contributed by atoms with Gasteiger partial charge in [0.2, 0.25) is 12.7 Å². The number of nitrogens with one attached hydrogen (secondary N) is 2. The van der Waals surface area contributed by atoms with E-state index in [9.17, 15) is 19.2 Å². The SMILES string of the molecule is CC(C)[C@H]1CC[C@@H](C)C[C@@H]1OC(=O)c1ccccc1NC(=O)COC(=O)c1cccnc1SCC(=O)Nc1ccc2c(c1)OCO2. The summed E-state index contributed by atoms with van der Waals surface area (Å²) in [4.78, 5) is 55.7. The minimum atomic E-state index is -0.777. The molecule has 0 unspecified atom stereocenters. The highest BCUT2D eigenvalue weighted by molar-refractivity contribution is 8.00. The monoisotopic (exact) mass is 647 g/mol. The van der Waals surface area contributed by atoms with Gasteiger partial charge < -0.3 is 29.6 Å². The highest BCUT2D eigenvalue weighted by Crippen LogP contribution is 2.36. The van der Waals surface area contributed by atoms with Crippen molar-refractivity contribution >= 4 is 46.9 Å². The maximum atomic E-state index is 13.2. The summed E-state index contributed by atoms with van der Waals surface area (Å²) in [7, 11) is 0. The number of thioether (sulfide) groups is 1. The van der Waals surface area contributed by atoms with Crippen LogP contribution in [0.25, 0.3) is 0 Å². The molecule has 3 atom stereocenters. The van der Waals surface area contributed by atoms with Crippen molar-refractivity contribution in [2.45, 2.75) is 51.2 Å². The Labute approximate surface area is 271 Å². The molecule has 242 valence electrons. The number of aromatic nitrogens is 1. The first-order chi connectivity index (χ1) is 22.2. The maximum absolute atomic E-state index is 13.2. The molecule has 0 saturated heterocycles. The van der Waals surface area contributed by atoms with E-state index in [1.165, 1.54) is 12.3 Å². The van der Waals surface area contributed by atoms with E-state index in [1.807, 2.05) is 0 Å². The molecule has 12 heteroatoms. The fourth-order valence-corrected chi connectivity index (χ4v) is 6.37. The van der Waals surface area contributed by atoms with Gasteiger partial charge in [0.25, 0.3) is 5.91 Å². The minimum Gasteiger partial charge on any atom is -0.458 e. The molecule has 11 nitrogen and oxygen atoms in total. The Hall–Kier alpha value is -4.58. The number of nitrogens with zero attached hydrogens (tertiary/aromatic N) is 1. The van der Waals surface area contributed by atoms with E-state index in [-0.39, 0.29) is 52.3 Å². The van der Waals surface area contributed by atoms with Gasteiger partial charge in [0.05, 0.1) is 22.6 Å². The Morgan fingerprint density at radius 2 is 1.72 bits per heavy atom. The van der Waals surface area contributed by atoms with Gasteiger partial charge >= 0.3 is 11.9 Å². The summed E-state index contributed by atoms with van der Waals surface area (Å²) in [5, 5.41) is 5.71. The average molecular weight is 648 g/mol. The number of rotatable bonds is 11. The normalized spacial score (nSPS) is 18.5. The quantitative estimate of drug-likeness (QED) is 0.189. The van der Waals surface area contributed by atoms with Crippen LogP contribution in [0, 0.1) is 17.8 Å². The lowest BCUT2D eigenvalue weighted by Gasteiger charge is -2.36. The van der Waals surface area contributed by atoms with Crippen LogP contribution in [0.1, 0.15) is 60.7 Å². The third-order valence-corrected chi connectivity index (χ3v) is 8.97. The van der Waals surface area contributed by atoms with Gasteiger partial charge in [0.1, 0.15) is 11.1 Å². The van der Waals surface area contributed by atoms with Gasteiger partial charge in [-0.1, -0.05) is 51.1 Å². The van der Waals surface area contributed by atoms with Crippen LogP contribution in [-0.2, 0) is 19.1 Å². The highest BCUT2D eigenvalue weighted by atomic mass is 32.2. The molecule has 2 amide bonds. The van der Waals surface area contributed by atoms with Gasteiger partial charge in [-0.2, -0.15) is 0 Å². The molecule has 1 saturated carbocycles. The van der Waals surface area contributed by atoms with Crippen molar-refractivity contribution in [3.63, 3.8) is 0 Å². The van der Waals surface area contributed by atoms with Gasteiger partial charge in [0.15, 0.2) is 18.1 Å². The Morgan fingerprint density at radius 1 is 0.935 bits per heavy atom. The van der Waals surface area contributed by atoms with E-state index in [2.05, 4.69) is 36.4 Å². The van der Waals surface area contributed by atoms with Gasteiger partial charge in [-0.15, -0.1) is 0 Å². The third-order valence-electron chi connectivity index (χ3n) is 7.96. The fraction of sp³-hybridized carbons (Fsp3) is 0.382. The zero-order chi connectivity index (χ0) is 32.6. The van der Waals surface area contributed by atoms with Gasteiger partial charge in [-0.25, -0.2) is 14.6 Å². The van der Waals surface area contributed by atoms with Crippen molar-refractivity contribution in [1.82, 2.24) is 4.98 Å². The predicted molar refractivity (Wildman–Crippen MR) is 172 cm³/mol. The summed E-state index contributed by atoms with van der Waals surface area (Å²) >= 11 is 1.05. The van der Waals surface area contributed by atoms with Gasteiger partial charge in [-0.05, 0) is 67.0 Å². The molecule has 3 aromatic rings. The van der Waals surface area contributed by atoms with Crippen molar-refractivity contribution in [3.05, 3.63) is 71.9 Å². The number of carbonyl (C=O) groups excluding carboxylic acids is 4. The molecule has 2 aliphatic rings. The number of hydrogen-bond donors (Lipinski definition) is 2. The number of anilines is 2. The minimum absolute atomic E-state index is 0.0310. The number of carbonyl (C=O) groups is 4. The van der Waals surface area contributed by atoms with Crippen LogP contribution in [-0.4, -0.2) is 54.0 Å². The lowest BCUT2D eigenvalue weighted by Crippen LogP contribution is -2.36. The lowest BCUT2D eigenvalue weighted by molar-refractivity contribution is -0.119. The van der Waals surface area contributed by atoms with E-state index in [0.717, 1.165) is 31.0 Å². The average Bonchev–Trinajstić information content (AvgIpc) is 3.51. The van der Waals surface area contributed by atoms with Crippen LogP contribution < -0.4 is 20.1 Å². The first-order valence-corrected chi connectivity index (χ1v) is 16.2. The zero-order valence-electron chi connectivity index (χ0n) is 25.9. The second kappa shape index (κ2) is 15.1. The summed E-state index contributed by atoms with van der Waals surface area (Å²) in [6.07, 6.45) is 4.22. The second-order valence-corrected chi connectivity index (χ2v) is 12.7. The number of para-hydroxylation sites is 1. The van der Waals surface area contributed by atoms with E-state index >= 15 is 0 Å². The largest absolute Gasteiger partial charge is 0.458 e.